The van der Waals surface area contributed by atoms with E-state index in [4.69, 9.17) is 14.2 Å². The Labute approximate surface area is 199 Å². The summed E-state index contributed by atoms with van der Waals surface area (Å²) in [6.45, 7) is 0.0413. The number of carbonyl (C=O) groups excluding carboxylic acids is 1. The molecule has 0 unspecified atom stereocenters. The van der Waals surface area contributed by atoms with Gasteiger partial charge in [-0.05, 0) is 49.2 Å². The van der Waals surface area contributed by atoms with Gasteiger partial charge in [-0.2, -0.15) is 4.31 Å². The maximum Gasteiger partial charge on any atom is 0.243 e. The third-order valence-electron chi connectivity index (χ3n) is 6.03. The molecule has 2 aliphatic rings. The number of amides is 1. The number of aliphatic hydroxyl groups excluding tert-OH is 1. The molecule has 10 heteroatoms. The van der Waals surface area contributed by atoms with Crippen molar-refractivity contribution < 1.29 is 32.5 Å². The van der Waals surface area contributed by atoms with Crippen molar-refractivity contribution in [2.75, 3.05) is 26.8 Å². The summed E-state index contributed by atoms with van der Waals surface area (Å²) in [4.78, 5) is 11.9. The van der Waals surface area contributed by atoms with Gasteiger partial charge in [-0.25, -0.2) is 8.42 Å². The number of sulfonamides is 1. The van der Waals surface area contributed by atoms with Crippen LogP contribution >= 0.6 is 0 Å². The van der Waals surface area contributed by atoms with Crippen LogP contribution in [0.1, 0.15) is 19.3 Å². The number of ether oxygens (including phenoxy) is 3. The predicted octanol–water partition coefficient (Wildman–Crippen LogP) is 1.91. The first-order chi connectivity index (χ1) is 16.4. The fourth-order valence-electron chi connectivity index (χ4n) is 4.32. The number of aliphatic hydroxyl groups is 1. The Morgan fingerprint density at radius 3 is 2.50 bits per heavy atom. The summed E-state index contributed by atoms with van der Waals surface area (Å²) in [5, 5.41) is 12.9. The Morgan fingerprint density at radius 2 is 1.79 bits per heavy atom. The van der Waals surface area contributed by atoms with E-state index < -0.39 is 28.3 Å². The van der Waals surface area contributed by atoms with E-state index in [2.05, 4.69) is 5.32 Å². The molecular weight excluding hydrogens is 460 g/mol. The maximum atomic E-state index is 13.6. The summed E-state index contributed by atoms with van der Waals surface area (Å²) in [5.74, 6) is 1.04. The lowest BCUT2D eigenvalue weighted by Gasteiger charge is -2.43. The second-order valence-electron chi connectivity index (χ2n) is 8.47. The van der Waals surface area contributed by atoms with E-state index in [0.717, 1.165) is 0 Å². The van der Waals surface area contributed by atoms with E-state index in [1.54, 1.807) is 19.2 Å². The van der Waals surface area contributed by atoms with Gasteiger partial charge in [0.05, 0.1) is 48.9 Å². The summed E-state index contributed by atoms with van der Waals surface area (Å²) in [6, 6.07) is 14.9. The molecule has 0 aliphatic carbocycles. The number of carbonyl (C=O) groups is 1. The van der Waals surface area contributed by atoms with Gasteiger partial charge in [0.25, 0.3) is 0 Å². The van der Waals surface area contributed by atoms with Crippen LogP contribution in [-0.4, -0.2) is 74.9 Å². The van der Waals surface area contributed by atoms with Crippen LogP contribution in [0.5, 0.6) is 11.5 Å². The van der Waals surface area contributed by atoms with Crippen LogP contribution in [0.2, 0.25) is 0 Å². The number of hydrogen-bond donors (Lipinski definition) is 2. The van der Waals surface area contributed by atoms with E-state index in [1.165, 1.54) is 16.4 Å². The molecule has 2 aromatic rings. The predicted molar refractivity (Wildman–Crippen MR) is 124 cm³/mol. The smallest absolute Gasteiger partial charge is 0.243 e. The number of nitrogens with zero attached hydrogens (tertiary/aromatic N) is 1. The van der Waals surface area contributed by atoms with Gasteiger partial charge in [-0.3, -0.25) is 4.79 Å². The van der Waals surface area contributed by atoms with Crippen molar-refractivity contribution in [3.8, 4) is 11.5 Å². The summed E-state index contributed by atoms with van der Waals surface area (Å²) < 4.78 is 46.0. The topological polar surface area (TPSA) is 114 Å². The van der Waals surface area contributed by atoms with Gasteiger partial charge >= 0.3 is 0 Å². The van der Waals surface area contributed by atoms with Crippen LogP contribution in [0.3, 0.4) is 0 Å². The quantitative estimate of drug-likeness (QED) is 0.636. The third kappa shape index (κ3) is 5.76. The van der Waals surface area contributed by atoms with Gasteiger partial charge in [0.1, 0.15) is 11.5 Å². The number of para-hydroxylation sites is 1. The fourth-order valence-corrected chi connectivity index (χ4v) is 6.04. The van der Waals surface area contributed by atoms with E-state index in [9.17, 15) is 18.3 Å². The molecule has 2 fully saturated rings. The molecule has 0 aromatic heterocycles. The minimum absolute atomic E-state index is 0.00255. The number of β-amino-alcohol motifs (C(OH)–C–C–N with tert-alkyl or cyclic N) is 1. The molecule has 2 N–H and O–H groups in total. The average molecular weight is 491 g/mol. The van der Waals surface area contributed by atoms with Crippen LogP contribution < -0.4 is 10.1 Å². The number of rotatable bonds is 6. The van der Waals surface area contributed by atoms with Crippen molar-refractivity contribution in [3.63, 3.8) is 0 Å². The van der Waals surface area contributed by atoms with Crippen LogP contribution in [0.15, 0.2) is 59.5 Å². The zero-order chi connectivity index (χ0) is 24.1. The molecule has 9 nitrogen and oxygen atoms in total. The maximum absolute atomic E-state index is 13.6. The van der Waals surface area contributed by atoms with Crippen LogP contribution in [0.4, 0.5) is 0 Å². The zero-order valence-corrected chi connectivity index (χ0v) is 19.8. The van der Waals surface area contributed by atoms with Gasteiger partial charge in [-0.1, -0.05) is 18.2 Å². The monoisotopic (exact) mass is 490 g/mol. The highest BCUT2D eigenvalue weighted by Gasteiger charge is 2.43. The van der Waals surface area contributed by atoms with Gasteiger partial charge in [-0.15, -0.1) is 0 Å². The number of hydrogen-bond acceptors (Lipinski definition) is 7. The third-order valence-corrected chi connectivity index (χ3v) is 7.94. The Bertz CT molecular complexity index is 1060. The Morgan fingerprint density at radius 1 is 1.09 bits per heavy atom. The van der Waals surface area contributed by atoms with E-state index in [0.29, 0.717) is 24.3 Å². The molecule has 0 radical (unpaired) electrons. The molecule has 34 heavy (non-hydrogen) atoms. The molecule has 2 heterocycles. The summed E-state index contributed by atoms with van der Waals surface area (Å²) in [5.41, 5.74) is 0. The molecule has 2 aromatic carbocycles. The minimum Gasteiger partial charge on any atom is -0.457 e. The lowest BCUT2D eigenvalue weighted by molar-refractivity contribution is -0.146. The second kappa shape index (κ2) is 10.8. The summed E-state index contributed by atoms with van der Waals surface area (Å²) >= 11 is 0. The lowest BCUT2D eigenvalue weighted by Crippen LogP contribution is -2.57. The molecule has 0 spiro atoms. The first kappa shape index (κ1) is 24.6. The second-order valence-corrected chi connectivity index (χ2v) is 10.4. The van der Waals surface area contributed by atoms with Crippen molar-refractivity contribution in [2.24, 2.45) is 0 Å². The van der Waals surface area contributed by atoms with Gasteiger partial charge in [0.2, 0.25) is 15.9 Å². The molecule has 0 saturated carbocycles. The van der Waals surface area contributed by atoms with Crippen LogP contribution in [0.25, 0.3) is 0 Å². The molecule has 184 valence electrons. The standard InChI is InChI=1S/C24H30N2O7S/c1-25-24(28)13-20-9-12-22-23(33-20)16-31-15-17(27)14-26(22)34(29,30)21-10-7-19(8-11-21)32-18-5-3-2-4-6-18/h2-8,10-11,17,20,22-23,27H,9,12-16H2,1H3,(H,25,28)/t17-,20-,22-,23+/m1/s1. The molecule has 0 bridgehead atoms. The molecular formula is C24H30N2O7S. The lowest BCUT2D eigenvalue weighted by atomic mass is 9.96. The highest BCUT2D eigenvalue weighted by Crippen LogP contribution is 2.32. The fraction of sp³-hybridized carbons (Fsp3) is 0.458. The first-order valence-electron chi connectivity index (χ1n) is 11.3. The molecule has 4 atom stereocenters. The summed E-state index contributed by atoms with van der Waals surface area (Å²) in [7, 11) is -2.37. The normalized spacial score (nSPS) is 26.1. The highest BCUT2D eigenvalue weighted by molar-refractivity contribution is 7.89. The van der Waals surface area contributed by atoms with Crippen LogP contribution in [-0.2, 0) is 24.3 Å². The SMILES string of the molecule is CNC(=O)C[C@H]1CC[C@@H]2[C@H](COC[C@H](O)CN2S(=O)(=O)c2ccc(Oc3ccccc3)cc2)O1. The molecule has 2 aliphatic heterocycles. The van der Waals surface area contributed by atoms with Crippen molar-refractivity contribution in [3.05, 3.63) is 54.6 Å². The molecule has 1 amide bonds. The number of nitrogens with one attached hydrogen (secondary N) is 1. The van der Waals surface area contributed by atoms with E-state index in [1.807, 2.05) is 30.3 Å². The highest BCUT2D eigenvalue weighted by atomic mass is 32.2. The zero-order valence-electron chi connectivity index (χ0n) is 19.0. The van der Waals surface area contributed by atoms with Crippen molar-refractivity contribution in [1.29, 1.82) is 0 Å². The van der Waals surface area contributed by atoms with E-state index >= 15 is 0 Å². The summed E-state index contributed by atoms with van der Waals surface area (Å²) in [6.07, 6.45) is -0.575. The Balaban J connectivity index is 1.54. The van der Waals surface area contributed by atoms with Crippen LogP contribution in [0, 0.1) is 0 Å². The number of fused-ring (bicyclic) bond motifs is 1. The Kier molecular flexibility index (Phi) is 7.84. The van der Waals surface area contributed by atoms with E-state index in [-0.39, 0.29) is 43.1 Å². The van der Waals surface area contributed by atoms with Crippen molar-refractivity contribution >= 4 is 15.9 Å². The molecule has 4 rings (SSSR count). The van der Waals surface area contributed by atoms with Gasteiger partial charge < -0.3 is 24.6 Å². The largest absolute Gasteiger partial charge is 0.457 e. The number of benzene rings is 2. The van der Waals surface area contributed by atoms with Crippen molar-refractivity contribution in [2.45, 2.75) is 48.5 Å². The average Bonchev–Trinajstić information content (AvgIpc) is 2.82. The minimum atomic E-state index is -3.94. The van der Waals surface area contributed by atoms with Gasteiger partial charge in [0.15, 0.2) is 0 Å². The first-order valence-corrected chi connectivity index (χ1v) is 12.8. The Hall–Kier alpha value is -2.50. The van der Waals surface area contributed by atoms with Crippen molar-refractivity contribution in [1.82, 2.24) is 9.62 Å². The molecule has 2 saturated heterocycles. The van der Waals surface area contributed by atoms with Gasteiger partial charge in [0, 0.05) is 13.6 Å².